The number of aryl methyl sites for hydroxylation is 1. The van der Waals surface area contributed by atoms with Gasteiger partial charge in [-0.25, -0.2) is 4.79 Å². The molecule has 1 unspecified atom stereocenters. The number of rotatable bonds is 4. The van der Waals surface area contributed by atoms with Crippen LogP contribution in [0.5, 0.6) is 0 Å². The van der Waals surface area contributed by atoms with E-state index in [-0.39, 0.29) is 17.8 Å². The van der Waals surface area contributed by atoms with Crippen LogP contribution in [-0.2, 0) is 21.3 Å². The van der Waals surface area contributed by atoms with Crippen LogP contribution in [0.2, 0.25) is 0 Å². The highest BCUT2D eigenvalue weighted by Gasteiger charge is 2.36. The van der Waals surface area contributed by atoms with Crippen LogP contribution in [-0.4, -0.2) is 52.3 Å². The van der Waals surface area contributed by atoms with Crippen molar-refractivity contribution in [1.82, 2.24) is 15.1 Å². The number of ether oxygens (including phenoxy) is 3. The standard InChI is InChI=1S/C16H26N4O6/c1-16(2,3)26-15(21)18-10-6-7-25-13(8-12(10)24-5)14-11(20(22)23)9-17-19(14)4/h9-10,12-13H,6-8H2,1-5H3,(H,18,21)/t10-,12-,13?/m0/s1. The highest BCUT2D eigenvalue weighted by Crippen LogP contribution is 2.34. The van der Waals surface area contributed by atoms with E-state index in [1.807, 2.05) is 0 Å². The largest absolute Gasteiger partial charge is 0.444 e. The Labute approximate surface area is 151 Å². The van der Waals surface area contributed by atoms with E-state index < -0.39 is 22.7 Å². The van der Waals surface area contributed by atoms with Gasteiger partial charge in [0.05, 0.1) is 17.1 Å². The summed E-state index contributed by atoms with van der Waals surface area (Å²) in [6.07, 6.45) is 0.580. The molecule has 0 bridgehead atoms. The molecule has 10 heteroatoms. The van der Waals surface area contributed by atoms with Crippen molar-refractivity contribution in [2.75, 3.05) is 13.7 Å². The van der Waals surface area contributed by atoms with E-state index in [4.69, 9.17) is 14.2 Å². The quantitative estimate of drug-likeness (QED) is 0.637. The van der Waals surface area contributed by atoms with Crippen LogP contribution in [0.15, 0.2) is 6.20 Å². The number of carbonyl (C=O) groups is 1. The number of nitrogens with one attached hydrogen (secondary N) is 1. The summed E-state index contributed by atoms with van der Waals surface area (Å²) in [6.45, 7) is 5.67. The number of alkyl carbamates (subject to hydrolysis) is 1. The third kappa shape index (κ3) is 4.92. The van der Waals surface area contributed by atoms with Crippen LogP contribution in [0.1, 0.15) is 45.4 Å². The van der Waals surface area contributed by atoms with Crippen molar-refractivity contribution in [3.8, 4) is 0 Å². The highest BCUT2D eigenvalue weighted by atomic mass is 16.6. The van der Waals surface area contributed by atoms with E-state index in [1.54, 1.807) is 27.8 Å². The molecule has 3 atom stereocenters. The third-order valence-electron chi connectivity index (χ3n) is 4.11. The van der Waals surface area contributed by atoms with Crippen LogP contribution in [0, 0.1) is 10.1 Å². The van der Waals surface area contributed by atoms with Gasteiger partial charge in [-0.3, -0.25) is 14.8 Å². The van der Waals surface area contributed by atoms with Gasteiger partial charge in [0.2, 0.25) is 0 Å². The Morgan fingerprint density at radius 1 is 1.50 bits per heavy atom. The molecule has 1 N–H and O–H groups in total. The molecular formula is C16H26N4O6. The van der Waals surface area contributed by atoms with Crippen LogP contribution in [0.4, 0.5) is 10.5 Å². The number of methoxy groups -OCH3 is 1. The molecule has 0 radical (unpaired) electrons. The fourth-order valence-electron chi connectivity index (χ4n) is 2.99. The van der Waals surface area contributed by atoms with Crippen molar-refractivity contribution >= 4 is 11.8 Å². The van der Waals surface area contributed by atoms with Gasteiger partial charge in [0.25, 0.3) is 0 Å². The smallest absolute Gasteiger partial charge is 0.407 e. The van der Waals surface area contributed by atoms with Crippen molar-refractivity contribution in [1.29, 1.82) is 0 Å². The van der Waals surface area contributed by atoms with Crippen molar-refractivity contribution in [2.45, 2.75) is 57.5 Å². The van der Waals surface area contributed by atoms with Crippen LogP contribution >= 0.6 is 0 Å². The normalized spacial score (nSPS) is 24.0. The molecule has 26 heavy (non-hydrogen) atoms. The fraction of sp³-hybridized carbons (Fsp3) is 0.750. The second kappa shape index (κ2) is 8.00. The van der Waals surface area contributed by atoms with Gasteiger partial charge in [0.1, 0.15) is 23.6 Å². The molecule has 1 fully saturated rings. The summed E-state index contributed by atoms with van der Waals surface area (Å²) < 4.78 is 18.1. The minimum absolute atomic E-state index is 0.0918. The molecule has 1 aliphatic heterocycles. The predicted octanol–water partition coefficient (Wildman–Crippen LogP) is 2.09. The van der Waals surface area contributed by atoms with Gasteiger partial charge in [0, 0.05) is 27.2 Å². The molecule has 0 aromatic carbocycles. The van der Waals surface area contributed by atoms with E-state index in [0.717, 1.165) is 0 Å². The summed E-state index contributed by atoms with van der Waals surface area (Å²) >= 11 is 0. The first-order valence-corrected chi connectivity index (χ1v) is 8.42. The molecule has 1 aromatic heterocycles. The maximum atomic E-state index is 12.1. The van der Waals surface area contributed by atoms with Gasteiger partial charge < -0.3 is 19.5 Å². The molecule has 0 saturated carbocycles. The van der Waals surface area contributed by atoms with Crippen molar-refractivity contribution in [2.24, 2.45) is 7.05 Å². The molecule has 1 aromatic rings. The predicted molar refractivity (Wildman–Crippen MR) is 91.7 cm³/mol. The summed E-state index contributed by atoms with van der Waals surface area (Å²) in [5.74, 6) is 0. The monoisotopic (exact) mass is 370 g/mol. The number of carbonyl (C=O) groups excluding carboxylic acids is 1. The van der Waals surface area contributed by atoms with Crippen LogP contribution in [0.25, 0.3) is 0 Å². The average Bonchev–Trinajstić information content (AvgIpc) is 2.78. The molecule has 2 heterocycles. The van der Waals surface area contributed by atoms with E-state index >= 15 is 0 Å². The molecular weight excluding hydrogens is 344 g/mol. The molecule has 2 rings (SSSR count). The Bertz CT molecular complexity index is 654. The van der Waals surface area contributed by atoms with Crippen molar-refractivity contribution < 1.29 is 23.9 Å². The van der Waals surface area contributed by atoms with E-state index in [9.17, 15) is 14.9 Å². The number of amides is 1. The number of aromatic nitrogens is 2. The Kier molecular flexibility index (Phi) is 6.19. The molecule has 1 saturated heterocycles. The molecule has 0 aliphatic carbocycles. The fourth-order valence-corrected chi connectivity index (χ4v) is 2.99. The Balaban J connectivity index is 2.15. The van der Waals surface area contributed by atoms with Gasteiger partial charge in [-0.1, -0.05) is 0 Å². The van der Waals surface area contributed by atoms with Gasteiger partial charge in [-0.05, 0) is 27.2 Å². The van der Waals surface area contributed by atoms with E-state index in [1.165, 1.54) is 18.0 Å². The summed E-state index contributed by atoms with van der Waals surface area (Å²) in [5.41, 5.74) is -0.313. The maximum absolute atomic E-state index is 12.1. The molecule has 1 amide bonds. The lowest BCUT2D eigenvalue weighted by atomic mass is 10.0. The molecule has 10 nitrogen and oxygen atoms in total. The summed E-state index contributed by atoms with van der Waals surface area (Å²) in [6, 6.07) is -0.327. The number of nitrogens with zero attached hydrogens (tertiary/aromatic N) is 3. The second-order valence-corrected chi connectivity index (χ2v) is 7.21. The molecule has 146 valence electrons. The Morgan fingerprint density at radius 2 is 2.19 bits per heavy atom. The lowest BCUT2D eigenvalue weighted by Gasteiger charge is -2.27. The number of hydrogen-bond donors (Lipinski definition) is 1. The van der Waals surface area contributed by atoms with E-state index in [2.05, 4.69) is 10.4 Å². The van der Waals surface area contributed by atoms with Crippen LogP contribution < -0.4 is 5.32 Å². The van der Waals surface area contributed by atoms with Crippen LogP contribution in [0.3, 0.4) is 0 Å². The van der Waals surface area contributed by atoms with Gasteiger partial charge in [-0.2, -0.15) is 5.10 Å². The van der Waals surface area contributed by atoms with Crippen molar-refractivity contribution in [3.05, 3.63) is 22.0 Å². The SMILES string of the molecule is CO[C@H]1CC(c2c([N+](=O)[O-])cnn2C)OCC[C@@H]1NC(=O)OC(C)(C)C. The Hall–Kier alpha value is -2.20. The van der Waals surface area contributed by atoms with Gasteiger partial charge in [-0.15, -0.1) is 0 Å². The Morgan fingerprint density at radius 3 is 2.77 bits per heavy atom. The summed E-state index contributed by atoms with van der Waals surface area (Å²) in [5, 5.41) is 18.0. The maximum Gasteiger partial charge on any atom is 0.407 e. The molecule has 0 spiro atoms. The second-order valence-electron chi connectivity index (χ2n) is 7.21. The van der Waals surface area contributed by atoms with Gasteiger partial charge in [0.15, 0.2) is 0 Å². The van der Waals surface area contributed by atoms with E-state index in [0.29, 0.717) is 25.1 Å². The minimum Gasteiger partial charge on any atom is -0.444 e. The number of hydrogen-bond acceptors (Lipinski definition) is 7. The number of nitro groups is 1. The third-order valence-corrected chi connectivity index (χ3v) is 4.11. The summed E-state index contributed by atoms with van der Waals surface area (Å²) in [7, 11) is 3.17. The van der Waals surface area contributed by atoms with Crippen molar-refractivity contribution in [3.63, 3.8) is 0 Å². The molecule has 1 aliphatic rings. The zero-order valence-corrected chi connectivity index (χ0v) is 15.7. The average molecular weight is 370 g/mol. The topological polar surface area (TPSA) is 118 Å². The first kappa shape index (κ1) is 20.1. The van der Waals surface area contributed by atoms with Gasteiger partial charge >= 0.3 is 11.8 Å². The summed E-state index contributed by atoms with van der Waals surface area (Å²) in [4.78, 5) is 22.8. The lowest BCUT2D eigenvalue weighted by Crippen LogP contribution is -2.46. The first-order chi connectivity index (χ1) is 12.1. The lowest BCUT2D eigenvalue weighted by molar-refractivity contribution is -0.386. The zero-order chi connectivity index (χ0) is 19.5. The zero-order valence-electron chi connectivity index (χ0n) is 15.7. The minimum atomic E-state index is -0.605. The highest BCUT2D eigenvalue weighted by molar-refractivity contribution is 5.68. The first-order valence-electron chi connectivity index (χ1n) is 8.42.